The van der Waals surface area contributed by atoms with Crippen LogP contribution in [0, 0.1) is 16.7 Å². The van der Waals surface area contributed by atoms with Crippen LogP contribution in [0.5, 0.6) is 0 Å². The zero-order valence-corrected chi connectivity index (χ0v) is 26.2. The Hall–Kier alpha value is 0.650. The third kappa shape index (κ3) is 7.61. The molecule has 0 radical (unpaired) electrons. The molecule has 2 aliphatic carbocycles. The number of cyclic esters (lactones) is 1. The number of hydrogen-bond donors (Lipinski definition) is 1. The number of rotatable bonds is 7. The molecule has 0 aromatic rings. The maximum atomic E-state index is 11.9. The van der Waals surface area contributed by atoms with Gasteiger partial charge in [0, 0.05) is 5.41 Å². The fourth-order valence-electron chi connectivity index (χ4n) is 5.89. The van der Waals surface area contributed by atoms with Crippen molar-refractivity contribution in [3.63, 3.8) is 0 Å². The SMILES string of the molecule is CC1=C(C/C=C2/C(=O)OC[C@H]2O)[C@]2(C)CC[C@@H](OS(=O)(=O)[O-])[C@@](C)(COS(=O)(=O)[O-])C2CC1.[Na+].[Na+]. The zero-order valence-electron chi connectivity index (χ0n) is 20.6. The summed E-state index contributed by atoms with van der Waals surface area (Å²) >= 11 is 0. The van der Waals surface area contributed by atoms with E-state index in [9.17, 15) is 35.8 Å². The number of aliphatic hydroxyl groups excluding tert-OH is 1. The van der Waals surface area contributed by atoms with Crippen molar-refractivity contribution in [2.75, 3.05) is 13.2 Å². The maximum absolute atomic E-state index is 11.9. The Bertz CT molecular complexity index is 1090. The second-order valence-electron chi connectivity index (χ2n) is 9.45. The Morgan fingerprint density at radius 2 is 1.77 bits per heavy atom. The average Bonchev–Trinajstić information content (AvgIpc) is 2.99. The summed E-state index contributed by atoms with van der Waals surface area (Å²) in [5.74, 6) is -0.986. The van der Waals surface area contributed by atoms with E-state index in [0.29, 0.717) is 25.7 Å². The average molecular weight is 555 g/mol. The van der Waals surface area contributed by atoms with Crippen molar-refractivity contribution >= 4 is 26.8 Å². The molecule has 1 N–H and O–H groups in total. The molecular weight excluding hydrogens is 526 g/mol. The van der Waals surface area contributed by atoms with Crippen molar-refractivity contribution in [3.8, 4) is 0 Å². The molecular formula is C20H28Na2O11S2. The van der Waals surface area contributed by atoms with Gasteiger partial charge in [0.2, 0.25) is 20.8 Å². The number of ether oxygens (including phenoxy) is 1. The van der Waals surface area contributed by atoms with E-state index in [0.717, 1.165) is 11.1 Å². The van der Waals surface area contributed by atoms with Crippen LogP contribution in [0.25, 0.3) is 0 Å². The van der Waals surface area contributed by atoms with Gasteiger partial charge < -0.3 is 18.9 Å². The number of carbonyl (C=O) groups is 1. The van der Waals surface area contributed by atoms with Gasteiger partial charge in [-0.3, -0.25) is 8.37 Å². The smallest absolute Gasteiger partial charge is 0.726 e. The van der Waals surface area contributed by atoms with Crippen LogP contribution in [-0.2, 0) is 38.7 Å². The van der Waals surface area contributed by atoms with E-state index in [1.807, 2.05) is 13.8 Å². The van der Waals surface area contributed by atoms with E-state index in [1.54, 1.807) is 13.0 Å². The van der Waals surface area contributed by atoms with Crippen LogP contribution in [0.2, 0.25) is 0 Å². The van der Waals surface area contributed by atoms with E-state index in [-0.39, 0.29) is 77.7 Å². The van der Waals surface area contributed by atoms with Crippen LogP contribution in [-0.4, -0.2) is 62.4 Å². The summed E-state index contributed by atoms with van der Waals surface area (Å²) in [5, 5.41) is 9.99. The summed E-state index contributed by atoms with van der Waals surface area (Å²) in [6, 6.07) is 0. The van der Waals surface area contributed by atoms with Gasteiger partial charge in [0.1, 0.15) is 12.7 Å². The summed E-state index contributed by atoms with van der Waals surface area (Å²) in [6.07, 6.45) is 1.37. The summed E-state index contributed by atoms with van der Waals surface area (Å²) in [6.45, 7) is 4.70. The van der Waals surface area contributed by atoms with E-state index < -0.39 is 62.3 Å². The molecule has 188 valence electrons. The maximum Gasteiger partial charge on any atom is 1.00 e. The first-order valence-electron chi connectivity index (χ1n) is 10.6. The molecule has 5 atom stereocenters. The van der Waals surface area contributed by atoms with E-state index in [4.69, 9.17) is 8.92 Å². The number of hydrogen-bond acceptors (Lipinski definition) is 11. The minimum Gasteiger partial charge on any atom is -0.726 e. The molecule has 15 heteroatoms. The first kappa shape index (κ1) is 33.7. The quantitative estimate of drug-likeness (QED) is 0.0796. The molecule has 3 rings (SSSR count). The zero-order chi connectivity index (χ0) is 24.8. The van der Waals surface area contributed by atoms with Gasteiger partial charge in [-0.15, -0.1) is 0 Å². The van der Waals surface area contributed by atoms with Gasteiger partial charge >= 0.3 is 65.1 Å². The standard InChI is InChI=1S/C20H30O11S2.2Na/c1-12-4-7-16-19(2,14(12)6-5-13-15(21)10-29-18(13)22)9-8-17(31-33(26,27)28)20(16,3)11-30-32(23,24)25;;/h5,15-17,21H,4,6-11H2,1-3H3,(H,23,24,25)(H,26,27,28);;/q;2*+1/p-2/b13-5+;;/t15-,16?,17-,19+,20+;;/m1../s1. The predicted octanol–water partition coefficient (Wildman–Crippen LogP) is -4.92. The van der Waals surface area contributed by atoms with Crippen molar-refractivity contribution in [1.82, 2.24) is 0 Å². The van der Waals surface area contributed by atoms with Crippen LogP contribution >= 0.6 is 0 Å². The fraction of sp³-hybridized carbons (Fsp3) is 0.750. The molecule has 35 heavy (non-hydrogen) atoms. The molecule has 0 aromatic carbocycles. The minimum absolute atomic E-state index is 0. The van der Waals surface area contributed by atoms with Gasteiger partial charge in [0.05, 0.1) is 18.3 Å². The van der Waals surface area contributed by atoms with Crippen LogP contribution in [0.1, 0.15) is 52.9 Å². The van der Waals surface area contributed by atoms with Gasteiger partial charge in [0.15, 0.2) is 0 Å². The third-order valence-electron chi connectivity index (χ3n) is 7.48. The van der Waals surface area contributed by atoms with Crippen LogP contribution < -0.4 is 59.1 Å². The monoisotopic (exact) mass is 554 g/mol. The normalized spacial score (nSPS) is 34.6. The molecule has 1 heterocycles. The third-order valence-corrected chi connectivity index (χ3v) is 8.36. The van der Waals surface area contributed by atoms with Gasteiger partial charge in [-0.05, 0) is 50.4 Å². The largest absolute Gasteiger partial charge is 1.00 e. The molecule has 0 amide bonds. The van der Waals surface area contributed by atoms with E-state index in [2.05, 4.69) is 4.18 Å². The topological polar surface area (TPSA) is 179 Å². The van der Waals surface area contributed by atoms with Crippen molar-refractivity contribution in [2.45, 2.75) is 65.1 Å². The van der Waals surface area contributed by atoms with Crippen molar-refractivity contribution < 1.29 is 108 Å². The predicted molar refractivity (Wildman–Crippen MR) is 111 cm³/mol. The van der Waals surface area contributed by atoms with Crippen molar-refractivity contribution in [3.05, 3.63) is 22.8 Å². The van der Waals surface area contributed by atoms with Crippen molar-refractivity contribution in [2.24, 2.45) is 16.7 Å². The van der Waals surface area contributed by atoms with Gasteiger partial charge in [0.25, 0.3) is 0 Å². The van der Waals surface area contributed by atoms with E-state index in [1.165, 1.54) is 0 Å². The Morgan fingerprint density at radius 1 is 1.14 bits per heavy atom. The summed E-state index contributed by atoms with van der Waals surface area (Å²) in [5.41, 5.74) is 0.301. The molecule has 1 saturated carbocycles. The fourth-order valence-corrected chi connectivity index (χ4v) is 6.89. The van der Waals surface area contributed by atoms with Crippen molar-refractivity contribution in [1.29, 1.82) is 0 Å². The summed E-state index contributed by atoms with van der Waals surface area (Å²) < 4.78 is 81.9. The molecule has 0 spiro atoms. The first-order valence-corrected chi connectivity index (χ1v) is 13.2. The molecule has 1 aliphatic heterocycles. The molecule has 3 aliphatic rings. The van der Waals surface area contributed by atoms with Gasteiger partial charge in [-0.1, -0.05) is 31.1 Å². The Morgan fingerprint density at radius 3 is 2.29 bits per heavy atom. The molecule has 1 saturated heterocycles. The van der Waals surface area contributed by atoms with Gasteiger partial charge in [-0.25, -0.2) is 21.6 Å². The molecule has 1 unspecified atom stereocenters. The van der Waals surface area contributed by atoms with Crippen LogP contribution in [0.15, 0.2) is 22.8 Å². The molecule has 11 nitrogen and oxygen atoms in total. The number of aliphatic hydroxyl groups is 1. The van der Waals surface area contributed by atoms with Gasteiger partial charge in [-0.2, -0.15) is 0 Å². The molecule has 0 aromatic heterocycles. The second-order valence-corrected chi connectivity index (χ2v) is 11.5. The Labute approximate surface area is 250 Å². The summed E-state index contributed by atoms with van der Waals surface area (Å²) in [4.78, 5) is 11.9. The number of esters is 1. The van der Waals surface area contributed by atoms with E-state index >= 15 is 0 Å². The number of fused-ring (bicyclic) bond motifs is 1. The minimum atomic E-state index is -5.10. The van der Waals surface area contributed by atoms with Crippen LogP contribution in [0.3, 0.4) is 0 Å². The number of carbonyl (C=O) groups excluding carboxylic acids is 1. The first-order chi connectivity index (χ1) is 15.1. The second kappa shape index (κ2) is 12.2. The summed E-state index contributed by atoms with van der Waals surface area (Å²) in [7, 11) is -10.2. The molecule has 0 bridgehead atoms. The Kier molecular flexibility index (Phi) is 11.8. The number of allylic oxidation sites excluding steroid dienone is 3. The Balaban J connectivity index is 0.00000306. The van der Waals surface area contributed by atoms with Crippen LogP contribution in [0.4, 0.5) is 0 Å². The molecule has 2 fully saturated rings.